The fourth-order valence-electron chi connectivity index (χ4n) is 15.1. The summed E-state index contributed by atoms with van der Waals surface area (Å²) < 4.78 is 133. The highest BCUT2D eigenvalue weighted by atomic mass is 14.9. The van der Waals surface area contributed by atoms with Crippen LogP contribution in [0.2, 0.25) is 0 Å². The summed E-state index contributed by atoms with van der Waals surface area (Å²) in [6.07, 6.45) is 5.74. The predicted octanol–water partition coefficient (Wildman–Crippen LogP) is 26.4. The van der Waals surface area contributed by atoms with Gasteiger partial charge in [-0.05, 0) is 277 Å². The van der Waals surface area contributed by atoms with E-state index in [2.05, 4.69) is 223 Å². The lowest BCUT2D eigenvalue weighted by molar-refractivity contribution is -0.661. The third-order valence-electron chi connectivity index (χ3n) is 20.3. The van der Waals surface area contributed by atoms with Crippen LogP contribution in [-0.2, 0) is 66.6 Å². The van der Waals surface area contributed by atoms with Gasteiger partial charge in [-0.1, -0.05) is 243 Å². The van der Waals surface area contributed by atoms with Crippen LogP contribution >= 0.6 is 0 Å². The molecule has 0 aliphatic heterocycles. The van der Waals surface area contributed by atoms with Crippen molar-refractivity contribution >= 4 is 0 Å². The molecule has 0 N–H and O–H groups in total. The van der Waals surface area contributed by atoms with Gasteiger partial charge in [0.25, 0.3) is 0 Å². The number of hydrogen-bond acceptors (Lipinski definition) is 0. The highest BCUT2D eigenvalue weighted by molar-refractivity contribution is 5.80. The summed E-state index contributed by atoms with van der Waals surface area (Å²) in [5.41, 5.74) is 30.3. The maximum Gasteiger partial charge on any atom is 0.212 e. The molecule has 0 atom stereocenters. The third kappa shape index (κ3) is 22.8. The van der Waals surface area contributed by atoms with Gasteiger partial charge < -0.3 is 0 Å². The van der Waals surface area contributed by atoms with Crippen LogP contribution in [0.5, 0.6) is 0 Å². The molecule has 4 heterocycles. The van der Waals surface area contributed by atoms with E-state index in [0.29, 0.717) is 50.7 Å². The van der Waals surface area contributed by atoms with Gasteiger partial charge in [-0.3, -0.25) is 0 Å². The van der Waals surface area contributed by atoms with E-state index in [4.69, 9.17) is 20.6 Å². The number of aromatic nitrogens is 4. The summed E-state index contributed by atoms with van der Waals surface area (Å²) in [6.45, 7) is 36.9. The molecule has 0 unspecified atom stereocenters. The number of aryl methyl sites for hydroxylation is 14. The van der Waals surface area contributed by atoms with Crippen LogP contribution in [-0.4, -0.2) is 0 Å². The maximum atomic E-state index is 8.88. The Morgan fingerprint density at radius 3 is 0.875 bits per heavy atom. The Kier molecular flexibility index (Phi) is 22.6. The Morgan fingerprint density at radius 2 is 0.536 bits per heavy atom. The van der Waals surface area contributed by atoms with E-state index in [-0.39, 0.29) is 44.9 Å². The first-order valence-corrected chi connectivity index (χ1v) is 40.1. The van der Waals surface area contributed by atoms with Crippen LogP contribution in [0, 0.1) is 104 Å². The second-order valence-corrected chi connectivity index (χ2v) is 34.8. The van der Waals surface area contributed by atoms with Crippen LogP contribution < -0.4 is 18.3 Å². The number of pyridine rings is 4. The molecule has 0 radical (unpaired) electrons. The zero-order valence-electron chi connectivity index (χ0n) is 87.0. The molecule has 8 aromatic carbocycles. The average molecular weight is 1510 g/mol. The predicted molar refractivity (Wildman–Crippen MR) is 482 cm³/mol. The van der Waals surface area contributed by atoms with Crippen molar-refractivity contribution in [2.45, 2.75) is 204 Å². The lowest BCUT2D eigenvalue weighted by Gasteiger charge is -2.24. The van der Waals surface area contributed by atoms with Crippen molar-refractivity contribution in [3.05, 3.63) is 308 Å². The third-order valence-corrected chi connectivity index (χ3v) is 20.3. The molecular weight excluding hydrogens is 1350 g/mol. The van der Waals surface area contributed by atoms with E-state index in [1.165, 1.54) is 95.5 Å². The standard InChI is InChI=1S/C30H40N.C28H36N.2C25H30N/c1-21-15-22(2)27(17-26(21)23-13-11-10-12-14-23)28-16-24(18-29(3,4)5)25(20-31(28)9)19-30(6,7)8;1-19(2)13-24-16-28(29(7)18-25(24)14-20(3)4)27-17-26(21(5)15-22(27)6)23-11-9-8-10-12-23;2*1-17(2)12-22-14-25(26(6)16-20(22)5)24-15-23(18(3)13-19(24)4)21-10-8-7-9-11-21/h10-17,20H,18-19H2,1-9H3;8-12,15-20H,13-14H2,1-7H3;2*7-11,13-17H,12H2,1-6H3/q4*+1/i;5D3,13D2,14D2;3D3,5D3,12D2;. The topological polar surface area (TPSA) is 15.5 Å². The first kappa shape index (κ1) is 66.9. The van der Waals surface area contributed by atoms with Gasteiger partial charge in [0, 0.05) is 89.3 Å². The molecule has 0 aliphatic carbocycles. The van der Waals surface area contributed by atoms with Crippen LogP contribution in [0.15, 0.2) is 219 Å². The molecule has 4 aromatic heterocycles. The van der Waals surface area contributed by atoms with Crippen molar-refractivity contribution in [3.63, 3.8) is 0 Å². The second kappa shape index (κ2) is 37.8. The fourth-order valence-corrected chi connectivity index (χ4v) is 15.1. The molecule has 112 heavy (non-hydrogen) atoms. The summed E-state index contributed by atoms with van der Waals surface area (Å²) in [7, 11) is 7.90. The first-order chi connectivity index (χ1) is 58.7. The normalized spacial score (nSPS) is 14.3. The number of benzene rings is 8. The minimum absolute atomic E-state index is 0.0301. The molecular formula is C108H136N4+4. The lowest BCUT2D eigenvalue weighted by atomic mass is 9.81. The van der Waals surface area contributed by atoms with Crippen molar-refractivity contribution in [2.75, 3.05) is 0 Å². The van der Waals surface area contributed by atoms with E-state index in [0.717, 1.165) is 41.5 Å². The van der Waals surface area contributed by atoms with E-state index < -0.39 is 45.6 Å². The summed E-state index contributed by atoms with van der Waals surface area (Å²) >= 11 is 0. The van der Waals surface area contributed by atoms with Gasteiger partial charge in [-0.2, -0.15) is 0 Å². The minimum Gasteiger partial charge on any atom is -0.201 e. The molecule has 0 saturated heterocycles. The van der Waals surface area contributed by atoms with Crippen molar-refractivity contribution in [2.24, 2.45) is 62.7 Å². The zero-order valence-corrected chi connectivity index (χ0v) is 72.0. The van der Waals surface area contributed by atoms with E-state index in [1.807, 2.05) is 98.3 Å². The Bertz CT molecular complexity index is 5870. The number of rotatable bonds is 18. The first-order valence-electron chi connectivity index (χ1n) is 47.6. The van der Waals surface area contributed by atoms with Crippen molar-refractivity contribution < 1.29 is 38.8 Å². The zero-order chi connectivity index (χ0) is 94.7. The summed E-state index contributed by atoms with van der Waals surface area (Å²) in [5.74, 6) is -0.518. The largest absolute Gasteiger partial charge is 0.212 e. The average Bonchev–Trinajstić information content (AvgIpc) is 0.739. The maximum absolute atomic E-state index is 8.88. The Morgan fingerprint density at radius 1 is 0.268 bits per heavy atom. The van der Waals surface area contributed by atoms with E-state index >= 15 is 0 Å². The molecule has 0 bridgehead atoms. The smallest absolute Gasteiger partial charge is 0.201 e. The lowest BCUT2D eigenvalue weighted by Crippen LogP contribution is -2.33. The van der Waals surface area contributed by atoms with Crippen LogP contribution in [0.3, 0.4) is 0 Å². The van der Waals surface area contributed by atoms with E-state index in [1.54, 1.807) is 83.6 Å². The second-order valence-electron chi connectivity index (χ2n) is 34.8. The molecule has 12 aromatic rings. The molecule has 0 amide bonds. The highest BCUT2D eigenvalue weighted by Gasteiger charge is 2.27. The summed E-state index contributed by atoms with van der Waals surface area (Å²) in [6, 6.07) is 64.7. The van der Waals surface area contributed by atoms with Crippen molar-refractivity contribution in [1.29, 1.82) is 0 Å². The van der Waals surface area contributed by atoms with Gasteiger partial charge in [-0.15, -0.1) is 0 Å². The van der Waals surface area contributed by atoms with Crippen molar-refractivity contribution in [1.82, 2.24) is 0 Å². The van der Waals surface area contributed by atoms with Gasteiger partial charge in [0.1, 0.15) is 28.2 Å². The Labute approximate surface area is 699 Å². The van der Waals surface area contributed by atoms with Crippen LogP contribution in [0.1, 0.15) is 207 Å². The number of nitrogens with zero attached hydrogens (tertiary/aromatic N) is 4. The molecule has 4 nitrogen and oxygen atoms in total. The van der Waals surface area contributed by atoms with Crippen LogP contribution in [0.4, 0.5) is 0 Å². The number of hydrogen-bond donors (Lipinski definition) is 0. The monoisotopic (exact) mass is 1500 g/mol. The van der Waals surface area contributed by atoms with Crippen LogP contribution in [0.25, 0.3) is 89.5 Å². The Balaban J connectivity index is 0.000000192. The Hall–Kier alpha value is -9.64. The fraction of sp³-hybridized carbons (Fsp3) is 0.370. The van der Waals surface area contributed by atoms with E-state index in [9.17, 15) is 0 Å². The molecule has 12 rings (SSSR count). The summed E-state index contributed by atoms with van der Waals surface area (Å²) in [5, 5.41) is 0. The van der Waals surface area contributed by atoms with Gasteiger partial charge in [-0.25, -0.2) is 18.3 Å². The SMILES string of the molecule is Cc1c[n+](C)c(-c2cc(-c3ccccc3)c(C)cc2C)cc1CC(C)C.Cc1cc(C)c(-c2cc(CC(C)(C)C)c(CC(C)(C)C)c[n+]2C)cc1-c1ccccc1.[2H]C([2H])([2H])c1cc(C)c(-c2cc(C([2H])([2H])C(C)C)c(C([2H])([2H])C(C)C)c[n+]2C)cc1-c1ccccc1.[2H]C([2H])([2H])c1cc(C)c(-c2cc(C([2H])([2H])C(C)C)c(C([2H])([2H])[2H])c[n+]2C)cc1-c1ccccc1. The van der Waals surface area contributed by atoms with Gasteiger partial charge in [0.2, 0.25) is 22.8 Å². The molecule has 0 fully saturated rings. The van der Waals surface area contributed by atoms with Gasteiger partial charge in [0.15, 0.2) is 24.8 Å². The molecule has 0 aliphatic rings. The van der Waals surface area contributed by atoms with Gasteiger partial charge in [0.05, 0.1) is 0 Å². The minimum atomic E-state index is -2.48. The van der Waals surface area contributed by atoms with Crippen molar-refractivity contribution in [3.8, 4) is 89.5 Å². The molecule has 4 heteroatoms. The molecule has 584 valence electrons. The molecule has 0 saturated carbocycles. The molecule has 0 spiro atoms. The highest BCUT2D eigenvalue weighted by Crippen LogP contribution is 2.39. The quantitative estimate of drug-likeness (QED) is 0.0761. The summed E-state index contributed by atoms with van der Waals surface area (Å²) in [4.78, 5) is 0. The van der Waals surface area contributed by atoms with Gasteiger partial charge >= 0.3 is 0 Å².